The number of fused-ring (bicyclic) bond motifs is 1. The quantitative estimate of drug-likeness (QED) is 0.213. The summed E-state index contributed by atoms with van der Waals surface area (Å²) in [7, 11) is -5.09. The first kappa shape index (κ1) is 28.3. The van der Waals surface area contributed by atoms with Crippen LogP contribution in [0.5, 0.6) is 0 Å². The Morgan fingerprint density at radius 1 is 0.875 bits per heavy atom. The Kier molecular flexibility index (Phi) is 7.31. The Hall–Kier alpha value is -3.21. The van der Waals surface area contributed by atoms with Crippen LogP contribution in [0.1, 0.15) is 26.3 Å². The van der Waals surface area contributed by atoms with Crippen LogP contribution >= 0.6 is 0 Å². The van der Waals surface area contributed by atoms with E-state index in [4.69, 9.17) is 13.9 Å². The zero-order valence-corrected chi connectivity index (χ0v) is 26.2. The molecule has 40 heavy (non-hydrogen) atoms. The number of morpholine rings is 1. The molecule has 0 radical (unpaired) electrons. The number of hydrogen-bond acceptors (Lipinski definition) is 5. The molecule has 1 amide bonds. The Labute approximate surface area is 239 Å². The van der Waals surface area contributed by atoms with E-state index in [9.17, 15) is 9.59 Å². The molecule has 0 spiro atoms. The van der Waals surface area contributed by atoms with Crippen molar-refractivity contribution >= 4 is 38.8 Å². The van der Waals surface area contributed by atoms with Gasteiger partial charge in [-0.3, -0.25) is 4.90 Å². The van der Waals surface area contributed by atoms with Crippen molar-refractivity contribution in [2.75, 3.05) is 6.61 Å². The molecule has 0 bridgehead atoms. The second-order valence-corrected chi connectivity index (χ2v) is 22.4. The van der Waals surface area contributed by atoms with Crippen LogP contribution in [0.4, 0.5) is 4.79 Å². The fourth-order valence-corrected chi connectivity index (χ4v) is 13.8. The maximum absolute atomic E-state index is 13.6. The van der Waals surface area contributed by atoms with Crippen molar-refractivity contribution < 1.29 is 23.5 Å². The van der Waals surface area contributed by atoms with Gasteiger partial charge in [-0.1, -0.05) is 131 Å². The molecule has 2 saturated heterocycles. The standard InChI is InChI=1S/C32H39NO5Si2/c1-31(2,3)40(25-18-12-8-13-19-25,26-20-14-9-15-21-26)37-23-27-28-32(29(34)38-27,39(4,5)6)33(28)30(35)36-22-24-16-10-7-11-17-24/h7-21,27-28H,22-23H2,1-6H3/t27-,28-,32+,33?/m1/s1. The zero-order chi connectivity index (χ0) is 28.8. The van der Waals surface area contributed by atoms with E-state index < -0.39 is 39.8 Å². The van der Waals surface area contributed by atoms with Crippen LogP contribution in [0.15, 0.2) is 91.0 Å². The maximum Gasteiger partial charge on any atom is 0.411 e. The highest BCUT2D eigenvalue weighted by molar-refractivity contribution is 6.99. The van der Waals surface area contributed by atoms with Crippen LogP contribution in [-0.4, -0.2) is 57.3 Å². The van der Waals surface area contributed by atoms with Crippen molar-refractivity contribution in [1.82, 2.24) is 4.90 Å². The van der Waals surface area contributed by atoms with Crippen LogP contribution in [0, 0.1) is 0 Å². The van der Waals surface area contributed by atoms with Crippen molar-refractivity contribution in [2.45, 2.75) is 69.4 Å². The molecule has 3 aromatic rings. The lowest BCUT2D eigenvalue weighted by atomic mass is 10.2. The molecule has 8 heteroatoms. The summed E-state index contributed by atoms with van der Waals surface area (Å²) in [5, 5.41) is 1.15. The second kappa shape index (κ2) is 10.3. The number of carbonyl (C=O) groups excluding carboxylic acids is 2. The van der Waals surface area contributed by atoms with Gasteiger partial charge in [0.2, 0.25) is 0 Å². The van der Waals surface area contributed by atoms with Crippen molar-refractivity contribution in [3.8, 4) is 0 Å². The lowest BCUT2D eigenvalue weighted by molar-refractivity contribution is -0.148. The van der Waals surface area contributed by atoms with Crippen molar-refractivity contribution in [3.63, 3.8) is 0 Å². The number of carbonyl (C=O) groups is 2. The van der Waals surface area contributed by atoms with Gasteiger partial charge in [0, 0.05) is 0 Å². The molecule has 3 aromatic carbocycles. The third kappa shape index (κ3) is 4.52. The van der Waals surface area contributed by atoms with E-state index in [1.165, 1.54) is 0 Å². The summed E-state index contributed by atoms with van der Waals surface area (Å²) in [6.07, 6.45) is -1.03. The first-order valence-electron chi connectivity index (χ1n) is 13.9. The highest BCUT2D eigenvalue weighted by Gasteiger charge is 2.84. The molecule has 3 atom stereocenters. The lowest BCUT2D eigenvalue weighted by Gasteiger charge is -2.43. The predicted molar refractivity (Wildman–Crippen MR) is 162 cm³/mol. The van der Waals surface area contributed by atoms with Crippen molar-refractivity contribution in [3.05, 3.63) is 96.6 Å². The van der Waals surface area contributed by atoms with Crippen LogP contribution in [0.3, 0.4) is 0 Å². The summed E-state index contributed by atoms with van der Waals surface area (Å²) < 4.78 is 18.8. The lowest BCUT2D eigenvalue weighted by Crippen LogP contribution is -2.67. The van der Waals surface area contributed by atoms with Gasteiger partial charge >= 0.3 is 12.1 Å². The number of cyclic esters (lactones) is 1. The Morgan fingerprint density at radius 2 is 1.38 bits per heavy atom. The van der Waals surface area contributed by atoms with Gasteiger partial charge in [0.05, 0.1) is 14.7 Å². The highest BCUT2D eigenvalue weighted by atomic mass is 28.4. The van der Waals surface area contributed by atoms with E-state index >= 15 is 0 Å². The second-order valence-electron chi connectivity index (χ2n) is 12.8. The molecule has 0 N–H and O–H groups in total. The predicted octanol–water partition coefficient (Wildman–Crippen LogP) is 5.13. The molecule has 0 aromatic heterocycles. The summed E-state index contributed by atoms with van der Waals surface area (Å²) >= 11 is 0. The Balaban J connectivity index is 1.45. The molecule has 0 aliphatic carbocycles. The fraction of sp³-hybridized carbons (Fsp3) is 0.375. The van der Waals surface area contributed by atoms with Crippen LogP contribution in [-0.2, 0) is 25.3 Å². The summed E-state index contributed by atoms with van der Waals surface area (Å²) in [5.41, 5.74) is 0.902. The van der Waals surface area contributed by atoms with Gasteiger partial charge in [-0.05, 0) is 21.0 Å². The molecule has 2 aliphatic heterocycles. The molecule has 0 unspecified atom stereocenters. The number of benzene rings is 3. The minimum absolute atomic E-state index is 0.156. The maximum atomic E-state index is 13.6. The number of nitrogens with zero attached hydrogens (tertiary/aromatic N) is 1. The monoisotopic (exact) mass is 573 g/mol. The molecule has 5 rings (SSSR count). The number of amides is 1. The molecule has 2 aliphatic rings. The fourth-order valence-electron chi connectivity index (χ4n) is 6.51. The normalized spacial score (nSPS) is 22.4. The molecule has 2 fully saturated rings. The molecule has 6 nitrogen and oxygen atoms in total. The van der Waals surface area contributed by atoms with E-state index in [-0.39, 0.29) is 24.2 Å². The zero-order valence-electron chi connectivity index (χ0n) is 24.2. The summed E-state index contributed by atoms with van der Waals surface area (Å²) in [4.78, 5) is 28.6. The molecular weight excluding hydrogens is 535 g/mol. The van der Waals surface area contributed by atoms with Gasteiger partial charge in [-0.25, -0.2) is 9.59 Å². The van der Waals surface area contributed by atoms with Gasteiger partial charge in [0.1, 0.15) is 18.8 Å². The highest BCUT2D eigenvalue weighted by Crippen LogP contribution is 2.56. The van der Waals surface area contributed by atoms with Crippen LogP contribution in [0.2, 0.25) is 24.7 Å². The average Bonchev–Trinajstić information content (AvgIpc) is 3.56. The average molecular weight is 574 g/mol. The van der Waals surface area contributed by atoms with Gasteiger partial charge in [-0.15, -0.1) is 0 Å². The number of hydrogen-bond donors (Lipinski definition) is 0. The minimum Gasteiger partial charge on any atom is -0.456 e. The van der Waals surface area contributed by atoms with Gasteiger partial charge in [-0.2, -0.15) is 0 Å². The summed E-state index contributed by atoms with van der Waals surface area (Å²) in [6.45, 7) is 13.3. The topological polar surface area (TPSA) is 64.8 Å². The molecule has 0 saturated carbocycles. The Bertz CT molecular complexity index is 1320. The van der Waals surface area contributed by atoms with Crippen molar-refractivity contribution in [2.24, 2.45) is 0 Å². The van der Waals surface area contributed by atoms with Gasteiger partial charge < -0.3 is 13.9 Å². The van der Waals surface area contributed by atoms with Gasteiger partial charge in [0.25, 0.3) is 8.32 Å². The molecule has 2 heterocycles. The van der Waals surface area contributed by atoms with Crippen LogP contribution < -0.4 is 10.4 Å². The third-order valence-electron chi connectivity index (χ3n) is 8.37. The largest absolute Gasteiger partial charge is 0.456 e. The number of ether oxygens (including phenoxy) is 2. The van der Waals surface area contributed by atoms with Crippen LogP contribution in [0.25, 0.3) is 0 Å². The summed E-state index contributed by atoms with van der Waals surface area (Å²) in [6, 6.07) is 30.0. The first-order chi connectivity index (χ1) is 18.9. The van der Waals surface area contributed by atoms with Gasteiger partial charge in [0.15, 0.2) is 5.16 Å². The molecule has 210 valence electrons. The van der Waals surface area contributed by atoms with E-state index in [1.807, 2.05) is 66.7 Å². The minimum atomic E-state index is -2.84. The van der Waals surface area contributed by atoms with Crippen molar-refractivity contribution in [1.29, 1.82) is 0 Å². The van der Waals surface area contributed by atoms with E-state index in [2.05, 4.69) is 64.7 Å². The van der Waals surface area contributed by atoms with E-state index in [0.717, 1.165) is 15.9 Å². The van der Waals surface area contributed by atoms with E-state index in [1.54, 1.807) is 4.90 Å². The van der Waals surface area contributed by atoms with E-state index in [0.29, 0.717) is 0 Å². The Morgan fingerprint density at radius 3 is 1.85 bits per heavy atom. The molecular formula is C32H39NO5Si2. The number of rotatable bonds is 8. The number of esters is 1. The summed E-state index contributed by atoms with van der Waals surface area (Å²) in [5.74, 6) is -0.329. The SMILES string of the molecule is CC(C)(C)[Si](OC[C@H]1OC(=O)[C@@]2([Si](C)(C)C)[C@@H]1N2C(=O)OCc1ccccc1)(c1ccccc1)c1ccccc1. The third-order valence-corrected chi connectivity index (χ3v) is 16.4. The smallest absolute Gasteiger partial charge is 0.411 e. The first-order valence-corrected chi connectivity index (χ1v) is 19.3.